The minimum Gasteiger partial charge on any atom is -0.386 e. The smallest absolute Gasteiger partial charge is 0.102 e. The summed E-state index contributed by atoms with van der Waals surface area (Å²) in [5.74, 6) is 0. The quantitative estimate of drug-likeness (QED) is 0.839. The summed E-state index contributed by atoms with van der Waals surface area (Å²) in [5.41, 5.74) is 0.810. The number of aliphatic hydroxyl groups is 1. The van der Waals surface area contributed by atoms with Gasteiger partial charge in [-0.15, -0.1) is 0 Å². The van der Waals surface area contributed by atoms with Gasteiger partial charge in [0, 0.05) is 25.6 Å². The minimum atomic E-state index is -0.675. The molecule has 2 N–H and O–H groups in total. The molecule has 1 aromatic rings. The van der Waals surface area contributed by atoms with Crippen molar-refractivity contribution < 1.29 is 9.84 Å². The van der Waals surface area contributed by atoms with Gasteiger partial charge in [-0.2, -0.15) is 0 Å². The Morgan fingerprint density at radius 1 is 1.35 bits per heavy atom. The molecule has 2 rings (SSSR count). The zero-order valence-corrected chi connectivity index (χ0v) is 12.9. The summed E-state index contributed by atoms with van der Waals surface area (Å²) in [4.78, 5) is 0. The summed E-state index contributed by atoms with van der Waals surface area (Å²) in [7, 11) is 0. The molecule has 0 radical (unpaired) electrons. The normalized spacial score (nSPS) is 24.8. The van der Waals surface area contributed by atoms with E-state index in [0.717, 1.165) is 12.8 Å². The highest BCUT2D eigenvalue weighted by atomic mass is 16.5. The SMILES string of the molecule is C[C@@H](CC(C)(C)c1ccccc1)NC[C@@]1(O)CCOC1. The van der Waals surface area contributed by atoms with E-state index in [1.54, 1.807) is 0 Å². The van der Waals surface area contributed by atoms with Crippen molar-refractivity contribution in [2.45, 2.75) is 50.7 Å². The summed E-state index contributed by atoms with van der Waals surface area (Å²) in [5, 5.41) is 13.7. The molecule has 0 bridgehead atoms. The van der Waals surface area contributed by atoms with Gasteiger partial charge in [0.05, 0.1) is 6.61 Å². The summed E-state index contributed by atoms with van der Waals surface area (Å²) in [6, 6.07) is 11.0. The van der Waals surface area contributed by atoms with E-state index < -0.39 is 5.60 Å². The number of rotatable bonds is 6. The standard InChI is InChI=1S/C17H27NO2/c1-14(18-12-17(19)9-10-20-13-17)11-16(2,3)15-7-5-4-6-8-15/h4-8,14,18-19H,9-13H2,1-3H3/t14-,17-/m0/s1. The monoisotopic (exact) mass is 277 g/mol. The van der Waals surface area contributed by atoms with Crippen LogP contribution in [0.15, 0.2) is 30.3 Å². The van der Waals surface area contributed by atoms with E-state index in [1.165, 1.54) is 5.56 Å². The lowest BCUT2D eigenvalue weighted by Crippen LogP contribution is -2.45. The maximum atomic E-state index is 10.3. The number of ether oxygens (including phenoxy) is 1. The molecule has 3 heteroatoms. The number of hydrogen-bond donors (Lipinski definition) is 2. The molecule has 1 aliphatic rings. The van der Waals surface area contributed by atoms with Gasteiger partial charge in [0.15, 0.2) is 0 Å². The lowest BCUT2D eigenvalue weighted by atomic mass is 9.79. The van der Waals surface area contributed by atoms with Gasteiger partial charge in [0.1, 0.15) is 5.60 Å². The molecule has 1 heterocycles. The van der Waals surface area contributed by atoms with E-state index in [9.17, 15) is 5.11 Å². The van der Waals surface area contributed by atoms with E-state index in [-0.39, 0.29) is 5.41 Å². The van der Waals surface area contributed by atoms with Crippen molar-refractivity contribution in [2.75, 3.05) is 19.8 Å². The van der Waals surface area contributed by atoms with Crippen LogP contribution in [-0.4, -0.2) is 36.5 Å². The lowest BCUT2D eigenvalue weighted by Gasteiger charge is -2.31. The number of hydrogen-bond acceptors (Lipinski definition) is 3. The fourth-order valence-electron chi connectivity index (χ4n) is 2.94. The van der Waals surface area contributed by atoms with Crippen LogP contribution >= 0.6 is 0 Å². The van der Waals surface area contributed by atoms with Crippen LogP contribution in [0.1, 0.15) is 39.2 Å². The molecule has 20 heavy (non-hydrogen) atoms. The first-order valence-electron chi connectivity index (χ1n) is 7.50. The molecule has 112 valence electrons. The second-order valence-corrected chi connectivity index (χ2v) is 6.76. The molecule has 3 nitrogen and oxygen atoms in total. The van der Waals surface area contributed by atoms with Crippen LogP contribution in [0.3, 0.4) is 0 Å². The average molecular weight is 277 g/mol. The van der Waals surface area contributed by atoms with Crippen LogP contribution < -0.4 is 5.32 Å². The summed E-state index contributed by atoms with van der Waals surface area (Å²) in [6.45, 7) is 8.46. The van der Waals surface area contributed by atoms with Crippen molar-refractivity contribution in [2.24, 2.45) is 0 Å². The Morgan fingerprint density at radius 3 is 2.65 bits per heavy atom. The Kier molecular flexibility index (Phi) is 4.84. The molecule has 1 aromatic carbocycles. The maximum Gasteiger partial charge on any atom is 0.102 e. The highest BCUT2D eigenvalue weighted by Gasteiger charge is 2.32. The van der Waals surface area contributed by atoms with E-state index in [4.69, 9.17) is 4.74 Å². The number of benzene rings is 1. The highest BCUT2D eigenvalue weighted by Crippen LogP contribution is 2.28. The minimum absolute atomic E-state index is 0.127. The van der Waals surface area contributed by atoms with Crippen molar-refractivity contribution in [3.05, 3.63) is 35.9 Å². The van der Waals surface area contributed by atoms with Gasteiger partial charge < -0.3 is 15.2 Å². The fourth-order valence-corrected chi connectivity index (χ4v) is 2.94. The van der Waals surface area contributed by atoms with Crippen molar-refractivity contribution in [3.8, 4) is 0 Å². The van der Waals surface area contributed by atoms with Crippen LogP contribution in [0.4, 0.5) is 0 Å². The van der Waals surface area contributed by atoms with Crippen LogP contribution in [-0.2, 0) is 10.2 Å². The molecule has 0 aliphatic carbocycles. The van der Waals surface area contributed by atoms with Gasteiger partial charge >= 0.3 is 0 Å². The third-order valence-electron chi connectivity index (χ3n) is 4.23. The molecule has 0 amide bonds. The third-order valence-corrected chi connectivity index (χ3v) is 4.23. The predicted molar refractivity (Wildman–Crippen MR) is 81.9 cm³/mol. The van der Waals surface area contributed by atoms with Crippen molar-refractivity contribution in [1.82, 2.24) is 5.32 Å². The Labute approximate surface area is 122 Å². The van der Waals surface area contributed by atoms with Gasteiger partial charge in [0.25, 0.3) is 0 Å². The van der Waals surface area contributed by atoms with Gasteiger partial charge in [-0.05, 0) is 24.3 Å². The molecule has 1 saturated heterocycles. The zero-order chi connectivity index (χ0) is 14.6. The van der Waals surface area contributed by atoms with Crippen molar-refractivity contribution in [3.63, 3.8) is 0 Å². The largest absolute Gasteiger partial charge is 0.386 e. The molecule has 1 fully saturated rings. The molecule has 0 aromatic heterocycles. The summed E-state index contributed by atoms with van der Waals surface area (Å²) < 4.78 is 5.27. The number of nitrogens with one attached hydrogen (secondary N) is 1. The summed E-state index contributed by atoms with van der Waals surface area (Å²) >= 11 is 0. The van der Waals surface area contributed by atoms with Gasteiger partial charge in [-0.3, -0.25) is 0 Å². The lowest BCUT2D eigenvalue weighted by molar-refractivity contribution is 0.0245. The second kappa shape index (κ2) is 6.25. The molecule has 0 spiro atoms. The Balaban J connectivity index is 1.86. The Hall–Kier alpha value is -0.900. The summed E-state index contributed by atoms with van der Waals surface area (Å²) in [6.07, 6.45) is 1.77. The van der Waals surface area contributed by atoms with Crippen LogP contribution in [0.5, 0.6) is 0 Å². The second-order valence-electron chi connectivity index (χ2n) is 6.76. The van der Waals surface area contributed by atoms with E-state index >= 15 is 0 Å². The zero-order valence-electron chi connectivity index (χ0n) is 12.9. The topological polar surface area (TPSA) is 41.5 Å². The van der Waals surface area contributed by atoms with Crippen molar-refractivity contribution >= 4 is 0 Å². The van der Waals surface area contributed by atoms with Crippen molar-refractivity contribution in [1.29, 1.82) is 0 Å². The molecule has 2 atom stereocenters. The molecular weight excluding hydrogens is 250 g/mol. The molecular formula is C17H27NO2. The van der Waals surface area contributed by atoms with E-state index in [0.29, 0.717) is 25.8 Å². The Morgan fingerprint density at radius 2 is 2.05 bits per heavy atom. The van der Waals surface area contributed by atoms with Crippen LogP contribution in [0, 0.1) is 0 Å². The first kappa shape index (κ1) is 15.5. The van der Waals surface area contributed by atoms with E-state index in [2.05, 4.69) is 56.4 Å². The van der Waals surface area contributed by atoms with Gasteiger partial charge in [0.2, 0.25) is 0 Å². The van der Waals surface area contributed by atoms with Gasteiger partial charge in [-0.25, -0.2) is 0 Å². The van der Waals surface area contributed by atoms with Gasteiger partial charge in [-0.1, -0.05) is 44.2 Å². The third kappa shape index (κ3) is 4.05. The van der Waals surface area contributed by atoms with Crippen LogP contribution in [0.2, 0.25) is 0 Å². The highest BCUT2D eigenvalue weighted by molar-refractivity contribution is 5.23. The first-order chi connectivity index (χ1) is 9.41. The maximum absolute atomic E-state index is 10.3. The fraction of sp³-hybridized carbons (Fsp3) is 0.647. The average Bonchev–Trinajstić information content (AvgIpc) is 2.85. The molecule has 1 aliphatic heterocycles. The predicted octanol–water partition coefficient (Wildman–Crippen LogP) is 2.48. The first-order valence-corrected chi connectivity index (χ1v) is 7.50. The Bertz CT molecular complexity index is 410. The van der Waals surface area contributed by atoms with Crippen LogP contribution in [0.25, 0.3) is 0 Å². The molecule has 0 saturated carbocycles. The molecule has 0 unspecified atom stereocenters. The van der Waals surface area contributed by atoms with E-state index in [1.807, 2.05) is 0 Å².